The van der Waals surface area contributed by atoms with Crippen molar-refractivity contribution in [1.29, 1.82) is 0 Å². The summed E-state index contributed by atoms with van der Waals surface area (Å²) in [6, 6.07) is 16.5. The lowest BCUT2D eigenvalue weighted by Crippen LogP contribution is -2.64. The average Bonchev–Trinajstić information content (AvgIpc) is 3.05. The quantitative estimate of drug-likeness (QED) is 0.169. The highest BCUT2D eigenvalue weighted by Crippen LogP contribution is 2.55. The number of hydrogen-bond donors (Lipinski definition) is 2. The molecule has 4 unspecified atom stereocenters. The van der Waals surface area contributed by atoms with Crippen LogP contribution >= 0.6 is 0 Å². The Morgan fingerprint density at radius 1 is 0.961 bits per heavy atom. The van der Waals surface area contributed by atoms with E-state index in [1.165, 1.54) is 6.92 Å². The zero-order valence-electron chi connectivity index (χ0n) is 31.0. The number of nitrogens with one attached hydrogen (secondary N) is 1. The van der Waals surface area contributed by atoms with Crippen LogP contribution in [0.2, 0.25) is 0 Å². The summed E-state index contributed by atoms with van der Waals surface area (Å²) in [7, 11) is 0. The molecule has 2 bridgehead atoms. The van der Waals surface area contributed by atoms with E-state index in [4.69, 9.17) is 18.9 Å². The minimum Gasteiger partial charge on any atom is -0.457 e. The van der Waals surface area contributed by atoms with Crippen molar-refractivity contribution in [2.24, 2.45) is 17.3 Å². The number of aliphatic hydroxyl groups is 1. The van der Waals surface area contributed by atoms with Crippen molar-refractivity contribution in [2.75, 3.05) is 0 Å². The molecule has 1 amide bonds. The average molecular weight is 706 g/mol. The molecule has 11 heteroatoms. The molecule has 2 N–H and O–H groups in total. The van der Waals surface area contributed by atoms with Gasteiger partial charge in [0.1, 0.15) is 23.4 Å². The first-order valence-electron chi connectivity index (χ1n) is 17.5. The van der Waals surface area contributed by atoms with E-state index >= 15 is 0 Å². The van der Waals surface area contributed by atoms with Gasteiger partial charge >= 0.3 is 24.0 Å². The molecule has 4 rings (SSSR count). The lowest BCUT2D eigenvalue weighted by molar-refractivity contribution is -0.191. The highest BCUT2D eigenvalue weighted by Gasteiger charge is 2.62. The molecule has 51 heavy (non-hydrogen) atoms. The fraction of sp³-hybridized carbons (Fsp3) is 0.525. The van der Waals surface area contributed by atoms with Crippen LogP contribution in [0.4, 0.5) is 4.79 Å². The molecule has 2 aliphatic carbocycles. The molecule has 1 fully saturated rings. The Bertz CT molecular complexity index is 1640. The number of Topliss-reactive ketones (excluding diaryl/α,β-unsaturated/α-hetero) is 1. The summed E-state index contributed by atoms with van der Waals surface area (Å²) in [6.07, 6.45) is -4.42. The van der Waals surface area contributed by atoms with Gasteiger partial charge in [-0.25, -0.2) is 9.59 Å². The topological polar surface area (TPSA) is 155 Å². The molecule has 2 aromatic carbocycles. The van der Waals surface area contributed by atoms with Gasteiger partial charge in [0.15, 0.2) is 11.9 Å². The molecular weight excluding hydrogens is 654 g/mol. The van der Waals surface area contributed by atoms with Crippen LogP contribution in [0.5, 0.6) is 0 Å². The van der Waals surface area contributed by atoms with Gasteiger partial charge in [-0.3, -0.25) is 14.4 Å². The number of benzene rings is 2. The van der Waals surface area contributed by atoms with E-state index in [0.29, 0.717) is 11.1 Å². The largest absolute Gasteiger partial charge is 0.457 e. The summed E-state index contributed by atoms with van der Waals surface area (Å²) in [5.74, 6) is -4.16. The number of ether oxygens (including phenoxy) is 4. The van der Waals surface area contributed by atoms with Gasteiger partial charge in [-0.2, -0.15) is 0 Å². The minimum atomic E-state index is -1.89. The predicted octanol–water partition coefficient (Wildman–Crippen LogP) is 6.43. The van der Waals surface area contributed by atoms with Gasteiger partial charge in [-0.1, -0.05) is 76.2 Å². The fourth-order valence-corrected chi connectivity index (χ4v) is 7.30. The van der Waals surface area contributed by atoms with E-state index in [1.807, 2.05) is 6.07 Å². The third kappa shape index (κ3) is 8.52. The second-order valence-electron chi connectivity index (χ2n) is 15.1. The summed E-state index contributed by atoms with van der Waals surface area (Å²) in [5, 5.41) is 15.7. The van der Waals surface area contributed by atoms with Gasteiger partial charge in [0, 0.05) is 24.7 Å². The number of carbonyl (C=O) groups is 5. The summed E-state index contributed by atoms with van der Waals surface area (Å²) in [6.45, 7) is 14.9. The van der Waals surface area contributed by atoms with Gasteiger partial charge < -0.3 is 29.4 Å². The van der Waals surface area contributed by atoms with Crippen LogP contribution in [0.3, 0.4) is 0 Å². The Balaban J connectivity index is 1.79. The molecule has 0 saturated heterocycles. The van der Waals surface area contributed by atoms with Crippen molar-refractivity contribution >= 4 is 29.8 Å². The third-order valence-corrected chi connectivity index (χ3v) is 10.0. The van der Waals surface area contributed by atoms with Crippen molar-refractivity contribution in [1.82, 2.24) is 5.32 Å². The van der Waals surface area contributed by atoms with E-state index in [-0.39, 0.29) is 30.4 Å². The maximum atomic E-state index is 14.3. The number of alkyl carbamates (subject to hydrolysis) is 1. The number of esters is 3. The lowest BCUT2D eigenvalue weighted by atomic mass is 9.55. The number of fused-ring (bicyclic) bond motifs is 2. The number of hydrogen-bond acceptors (Lipinski definition) is 10. The van der Waals surface area contributed by atoms with Crippen LogP contribution in [0.1, 0.15) is 104 Å². The third-order valence-electron chi connectivity index (χ3n) is 10.0. The normalized spacial score (nSPS) is 25.7. The van der Waals surface area contributed by atoms with Crippen molar-refractivity contribution in [3.63, 3.8) is 0 Å². The van der Waals surface area contributed by atoms with Gasteiger partial charge in [-0.05, 0) is 69.4 Å². The molecule has 0 aliphatic heterocycles. The SMILES string of the molecule is CC[C@@H](C(=O)O[C@H]1CC2(O)[C@@H](OC(=O)c3ccccc3)CC(C)C(=O)C(OC(C)=O)C(=C1C)C2(C)C)C(NC(=O)OC(C)(C)C)c1ccccc1. The smallest absolute Gasteiger partial charge is 0.408 e. The monoisotopic (exact) mass is 705 g/mol. The molecule has 0 heterocycles. The van der Waals surface area contributed by atoms with Gasteiger partial charge in [-0.15, -0.1) is 0 Å². The first kappa shape index (κ1) is 39.3. The Kier molecular flexibility index (Phi) is 11.9. The van der Waals surface area contributed by atoms with Crippen molar-refractivity contribution in [2.45, 2.75) is 117 Å². The highest BCUT2D eigenvalue weighted by atomic mass is 16.6. The summed E-state index contributed by atoms with van der Waals surface area (Å²) in [5.41, 5.74) is -2.35. The summed E-state index contributed by atoms with van der Waals surface area (Å²) in [4.78, 5) is 67.1. The number of rotatable bonds is 9. The standard InChI is InChI=1S/C40H51NO10/c1-10-28(32(26-17-13-11-14-18-26)41-37(46)51-38(5,6)7)36(45)49-29-22-40(47)30(50-35(44)27-19-15-12-16-20-27)21-23(2)33(43)34(48-25(4)42)31(24(29)3)39(40,8)9/h11-20,23,28-30,32,34,47H,10,21-22H2,1-9H3,(H,41,46)/t23?,28-,29+,30+,32?,34?,40?/m1/s1. The van der Waals surface area contributed by atoms with Crippen LogP contribution in [0, 0.1) is 17.3 Å². The van der Waals surface area contributed by atoms with Crippen LogP contribution in [0.15, 0.2) is 71.8 Å². The van der Waals surface area contributed by atoms with Gasteiger partial charge in [0.2, 0.25) is 0 Å². The van der Waals surface area contributed by atoms with Crippen LogP contribution in [-0.4, -0.2) is 64.4 Å². The van der Waals surface area contributed by atoms with Crippen LogP contribution in [-0.2, 0) is 33.3 Å². The highest BCUT2D eigenvalue weighted by molar-refractivity contribution is 5.92. The first-order valence-corrected chi connectivity index (χ1v) is 17.5. The molecule has 0 radical (unpaired) electrons. The Labute approximate surface area is 300 Å². The van der Waals surface area contributed by atoms with E-state index < -0.39 is 82.6 Å². The maximum absolute atomic E-state index is 14.3. The van der Waals surface area contributed by atoms with E-state index in [0.717, 1.165) is 0 Å². The second-order valence-corrected chi connectivity index (χ2v) is 15.1. The predicted molar refractivity (Wildman–Crippen MR) is 188 cm³/mol. The van der Waals surface area contributed by atoms with Gasteiger partial charge in [0.05, 0.1) is 17.5 Å². The molecule has 2 aromatic rings. The second kappa shape index (κ2) is 15.4. The molecule has 11 nitrogen and oxygen atoms in total. The molecule has 276 valence electrons. The molecule has 1 saturated carbocycles. The van der Waals surface area contributed by atoms with E-state index in [1.54, 1.807) is 110 Å². The van der Waals surface area contributed by atoms with Crippen molar-refractivity contribution in [3.8, 4) is 0 Å². The zero-order valence-corrected chi connectivity index (χ0v) is 31.0. The van der Waals surface area contributed by atoms with Crippen molar-refractivity contribution in [3.05, 3.63) is 82.9 Å². The molecule has 0 aromatic heterocycles. The van der Waals surface area contributed by atoms with Gasteiger partial charge in [0.25, 0.3) is 0 Å². The van der Waals surface area contributed by atoms with Crippen LogP contribution in [0.25, 0.3) is 0 Å². The molecule has 2 aliphatic rings. The van der Waals surface area contributed by atoms with E-state index in [9.17, 15) is 29.1 Å². The lowest BCUT2D eigenvalue weighted by Gasteiger charge is -2.55. The zero-order chi connectivity index (χ0) is 37.9. The van der Waals surface area contributed by atoms with Crippen molar-refractivity contribution < 1.29 is 48.0 Å². The molecule has 0 spiro atoms. The molecular formula is C40H51NO10. The first-order chi connectivity index (χ1) is 23.8. The number of amides is 1. The minimum absolute atomic E-state index is 0.0738. The maximum Gasteiger partial charge on any atom is 0.408 e. The summed E-state index contributed by atoms with van der Waals surface area (Å²) < 4.78 is 23.5. The number of carbonyl (C=O) groups excluding carboxylic acids is 5. The fourth-order valence-electron chi connectivity index (χ4n) is 7.30. The Hall–Kier alpha value is -4.51. The Morgan fingerprint density at radius 2 is 1.55 bits per heavy atom. The molecule has 7 atom stereocenters. The Morgan fingerprint density at radius 3 is 2.10 bits per heavy atom. The van der Waals surface area contributed by atoms with E-state index in [2.05, 4.69) is 5.32 Å². The summed E-state index contributed by atoms with van der Waals surface area (Å²) >= 11 is 0. The van der Waals surface area contributed by atoms with Crippen LogP contribution < -0.4 is 5.32 Å². The number of ketones is 1.